The van der Waals surface area contributed by atoms with E-state index in [1.54, 1.807) is 18.1 Å². The quantitative estimate of drug-likeness (QED) is 0.259. The molecule has 8 nitrogen and oxygen atoms in total. The number of imidazole rings is 1. The fourth-order valence-electron chi connectivity index (χ4n) is 3.88. The number of fused-ring (bicyclic) bond motifs is 1. The third-order valence-corrected chi connectivity index (χ3v) is 6.63. The molecule has 0 radical (unpaired) electrons. The topological polar surface area (TPSA) is 104 Å². The number of anilines is 1. The van der Waals surface area contributed by atoms with Gasteiger partial charge in [-0.05, 0) is 30.0 Å². The van der Waals surface area contributed by atoms with Gasteiger partial charge < -0.3 is 9.97 Å². The smallest absolute Gasteiger partial charge is 0.231 e. The molecule has 0 aliphatic carbocycles. The second-order valence-electron chi connectivity index (χ2n) is 8.00. The number of H-pyrrole nitrogens is 2. The zero-order chi connectivity index (χ0) is 23.2. The van der Waals surface area contributed by atoms with Crippen molar-refractivity contribution < 1.29 is 4.79 Å². The van der Waals surface area contributed by atoms with E-state index in [4.69, 9.17) is 0 Å². The van der Waals surface area contributed by atoms with Crippen LogP contribution in [-0.4, -0.2) is 35.6 Å². The number of nitrogens with zero attached hydrogens (tertiary/aromatic N) is 4. The summed E-state index contributed by atoms with van der Waals surface area (Å²) in [5, 5.41) is 13.5. The van der Waals surface area contributed by atoms with Crippen molar-refractivity contribution in [3.8, 4) is 0 Å². The van der Waals surface area contributed by atoms with Crippen LogP contribution < -0.4 is 5.32 Å². The number of aromatic nitrogens is 6. The highest BCUT2D eigenvalue weighted by Crippen LogP contribution is 2.25. The SMILES string of the molecule is O=C(Cc1c[nH]c2ccccc12)Nc1nnc(SCc2ccccc2)n1CCCc1cnc[nH]1. The van der Waals surface area contributed by atoms with Crippen molar-refractivity contribution in [2.45, 2.75) is 36.7 Å². The number of para-hydroxylation sites is 1. The number of nitrogens with one attached hydrogen (secondary N) is 3. The van der Waals surface area contributed by atoms with Crippen LogP contribution in [0.15, 0.2) is 78.5 Å². The van der Waals surface area contributed by atoms with Crippen LogP contribution in [0, 0.1) is 0 Å². The van der Waals surface area contributed by atoms with E-state index in [0.717, 1.165) is 45.9 Å². The summed E-state index contributed by atoms with van der Waals surface area (Å²) in [5.41, 5.74) is 4.27. The van der Waals surface area contributed by atoms with Crippen LogP contribution in [0.5, 0.6) is 0 Å². The van der Waals surface area contributed by atoms with Crippen LogP contribution in [0.4, 0.5) is 5.95 Å². The molecule has 172 valence electrons. The molecule has 0 aliphatic heterocycles. The zero-order valence-corrected chi connectivity index (χ0v) is 19.4. The summed E-state index contributed by atoms with van der Waals surface area (Å²) in [6.45, 7) is 0.686. The molecule has 2 aromatic carbocycles. The molecule has 5 aromatic rings. The number of thioether (sulfide) groups is 1. The Morgan fingerprint density at radius 1 is 1.03 bits per heavy atom. The second kappa shape index (κ2) is 10.4. The number of carbonyl (C=O) groups excluding carboxylic acids is 1. The van der Waals surface area contributed by atoms with Gasteiger partial charge in [-0.1, -0.05) is 60.3 Å². The first kappa shape index (κ1) is 22.0. The van der Waals surface area contributed by atoms with Gasteiger partial charge in [-0.25, -0.2) is 4.98 Å². The fraction of sp³-hybridized carbons (Fsp3) is 0.200. The maximum Gasteiger partial charge on any atom is 0.231 e. The number of aryl methyl sites for hydroxylation is 1. The molecule has 0 spiro atoms. The third kappa shape index (κ3) is 5.20. The molecule has 0 bridgehead atoms. The van der Waals surface area contributed by atoms with Crippen molar-refractivity contribution in [3.05, 3.63) is 90.1 Å². The van der Waals surface area contributed by atoms with E-state index in [-0.39, 0.29) is 12.3 Å². The highest BCUT2D eigenvalue weighted by atomic mass is 32.2. The summed E-state index contributed by atoms with van der Waals surface area (Å²) in [4.78, 5) is 23.3. The van der Waals surface area contributed by atoms with Gasteiger partial charge in [0, 0.05) is 41.3 Å². The minimum absolute atomic E-state index is 0.119. The van der Waals surface area contributed by atoms with E-state index in [2.05, 4.69) is 42.6 Å². The van der Waals surface area contributed by atoms with Gasteiger partial charge >= 0.3 is 0 Å². The average Bonchev–Trinajstić information content (AvgIpc) is 3.61. The minimum atomic E-state index is -0.119. The molecule has 9 heteroatoms. The minimum Gasteiger partial charge on any atom is -0.361 e. The lowest BCUT2D eigenvalue weighted by Crippen LogP contribution is -2.18. The van der Waals surface area contributed by atoms with Crippen molar-refractivity contribution in [2.24, 2.45) is 0 Å². The lowest BCUT2D eigenvalue weighted by molar-refractivity contribution is -0.115. The standard InChI is InChI=1S/C25H25N7OS/c33-23(13-19-14-27-22-11-5-4-10-21(19)22)29-24-30-31-25(34-16-18-7-2-1-3-8-18)32(24)12-6-9-20-15-26-17-28-20/h1-5,7-8,10-11,14-15,17,27H,6,9,12-13,16H2,(H,26,28)(H,29,30,33). The van der Waals surface area contributed by atoms with Crippen molar-refractivity contribution >= 4 is 34.5 Å². The summed E-state index contributed by atoms with van der Waals surface area (Å²) in [7, 11) is 0. The Morgan fingerprint density at radius 3 is 2.74 bits per heavy atom. The van der Waals surface area contributed by atoms with Crippen molar-refractivity contribution in [3.63, 3.8) is 0 Å². The predicted octanol–water partition coefficient (Wildman–Crippen LogP) is 4.59. The van der Waals surface area contributed by atoms with Gasteiger partial charge in [-0.2, -0.15) is 0 Å². The van der Waals surface area contributed by atoms with Crippen LogP contribution in [0.1, 0.15) is 23.2 Å². The van der Waals surface area contributed by atoms with Crippen molar-refractivity contribution in [1.82, 2.24) is 29.7 Å². The molecule has 0 saturated carbocycles. The number of hydrogen-bond acceptors (Lipinski definition) is 5. The molecular weight excluding hydrogens is 446 g/mol. The maximum absolute atomic E-state index is 12.9. The third-order valence-electron chi connectivity index (χ3n) is 5.59. The molecule has 0 unspecified atom stereocenters. The summed E-state index contributed by atoms with van der Waals surface area (Å²) in [6, 6.07) is 18.2. The Bertz CT molecular complexity index is 1360. The van der Waals surface area contributed by atoms with Gasteiger partial charge in [-0.15, -0.1) is 10.2 Å². The average molecular weight is 472 g/mol. The molecule has 0 aliphatic rings. The Hall–Kier alpha value is -3.85. The Kier molecular flexibility index (Phi) is 6.71. The van der Waals surface area contributed by atoms with Gasteiger partial charge in [0.1, 0.15) is 0 Å². The second-order valence-corrected chi connectivity index (χ2v) is 8.94. The molecule has 3 aromatic heterocycles. The van der Waals surface area contributed by atoms with Gasteiger partial charge in [0.2, 0.25) is 11.9 Å². The summed E-state index contributed by atoms with van der Waals surface area (Å²) in [5.74, 6) is 1.14. The Labute approximate surface area is 201 Å². The molecule has 0 atom stereocenters. The van der Waals surface area contributed by atoms with Crippen LogP contribution in [-0.2, 0) is 29.9 Å². The number of aromatic amines is 2. The number of hydrogen-bond donors (Lipinski definition) is 3. The molecule has 34 heavy (non-hydrogen) atoms. The predicted molar refractivity (Wildman–Crippen MR) is 134 cm³/mol. The van der Waals surface area contributed by atoms with E-state index in [9.17, 15) is 4.79 Å². The summed E-state index contributed by atoms with van der Waals surface area (Å²) in [6.07, 6.45) is 7.39. The number of carbonyl (C=O) groups is 1. The lowest BCUT2D eigenvalue weighted by atomic mass is 10.1. The number of amides is 1. The fourth-order valence-corrected chi connectivity index (χ4v) is 4.80. The molecule has 3 heterocycles. The number of benzene rings is 2. The lowest BCUT2D eigenvalue weighted by Gasteiger charge is -2.11. The number of rotatable bonds is 10. The van der Waals surface area contributed by atoms with E-state index in [1.807, 2.05) is 59.4 Å². The maximum atomic E-state index is 12.9. The van der Waals surface area contributed by atoms with Gasteiger partial charge in [0.25, 0.3) is 0 Å². The van der Waals surface area contributed by atoms with Gasteiger partial charge in [0.15, 0.2) is 5.16 Å². The first-order valence-electron chi connectivity index (χ1n) is 11.2. The van der Waals surface area contributed by atoms with Crippen LogP contribution in [0.25, 0.3) is 10.9 Å². The van der Waals surface area contributed by atoms with E-state index in [1.165, 1.54) is 5.56 Å². The first-order valence-corrected chi connectivity index (χ1v) is 12.2. The highest BCUT2D eigenvalue weighted by molar-refractivity contribution is 7.98. The largest absolute Gasteiger partial charge is 0.361 e. The molecule has 1 amide bonds. The zero-order valence-electron chi connectivity index (χ0n) is 18.6. The normalized spacial score (nSPS) is 11.2. The van der Waals surface area contributed by atoms with E-state index in [0.29, 0.717) is 12.5 Å². The Morgan fingerprint density at radius 2 is 1.88 bits per heavy atom. The van der Waals surface area contributed by atoms with Crippen LogP contribution in [0.2, 0.25) is 0 Å². The van der Waals surface area contributed by atoms with E-state index >= 15 is 0 Å². The van der Waals surface area contributed by atoms with Crippen LogP contribution >= 0.6 is 11.8 Å². The molecule has 5 rings (SSSR count). The monoisotopic (exact) mass is 471 g/mol. The Balaban J connectivity index is 1.30. The molecule has 0 fully saturated rings. The molecule has 0 saturated heterocycles. The van der Waals surface area contributed by atoms with Gasteiger partial charge in [-0.3, -0.25) is 14.7 Å². The molecule has 3 N–H and O–H groups in total. The van der Waals surface area contributed by atoms with Crippen molar-refractivity contribution in [2.75, 3.05) is 5.32 Å². The van der Waals surface area contributed by atoms with Gasteiger partial charge in [0.05, 0.1) is 12.7 Å². The first-order chi connectivity index (χ1) is 16.8. The summed E-state index contributed by atoms with van der Waals surface area (Å²) < 4.78 is 2.00. The molecular formula is C25H25N7OS. The van der Waals surface area contributed by atoms with E-state index < -0.39 is 0 Å². The van der Waals surface area contributed by atoms with Crippen LogP contribution in [0.3, 0.4) is 0 Å². The highest BCUT2D eigenvalue weighted by Gasteiger charge is 2.16. The van der Waals surface area contributed by atoms with Crippen molar-refractivity contribution in [1.29, 1.82) is 0 Å². The summed E-state index contributed by atoms with van der Waals surface area (Å²) >= 11 is 1.62.